The minimum atomic E-state index is -0.172. The Morgan fingerprint density at radius 1 is 1.26 bits per heavy atom. The van der Waals surface area contributed by atoms with Crippen molar-refractivity contribution >= 4 is 0 Å². The molecule has 0 saturated heterocycles. The highest BCUT2D eigenvalue weighted by atomic mass is 16.5. The van der Waals surface area contributed by atoms with E-state index in [1.54, 1.807) is 0 Å². The Kier molecular flexibility index (Phi) is 3.87. The third kappa shape index (κ3) is 2.77. The van der Waals surface area contributed by atoms with Gasteiger partial charge in [-0.05, 0) is 56.7 Å². The first-order valence-corrected chi connectivity index (χ1v) is 8.42. The molecular weight excluding hydrogens is 292 g/mol. The monoisotopic (exact) mass is 314 g/mol. The first-order chi connectivity index (χ1) is 11.2. The number of hydrogen-bond acceptors (Lipinski definition) is 6. The Morgan fingerprint density at radius 3 is 2.91 bits per heavy atom. The lowest BCUT2D eigenvalue weighted by molar-refractivity contribution is 0.116. The van der Waals surface area contributed by atoms with Crippen LogP contribution in [0.4, 0.5) is 0 Å². The predicted molar refractivity (Wildman–Crippen MR) is 84.9 cm³/mol. The maximum Gasteiger partial charge on any atom is 0.230 e. The number of pyridine rings is 1. The maximum atomic E-state index is 9.65. The van der Waals surface area contributed by atoms with E-state index in [1.807, 2.05) is 13.1 Å². The molecule has 0 aromatic carbocycles. The number of aliphatic hydroxyl groups is 1. The van der Waals surface area contributed by atoms with Crippen molar-refractivity contribution < 1.29 is 9.63 Å². The zero-order valence-corrected chi connectivity index (χ0v) is 13.4. The molecule has 2 aliphatic rings. The van der Waals surface area contributed by atoms with E-state index in [0.717, 1.165) is 56.5 Å². The third-order valence-corrected chi connectivity index (χ3v) is 5.04. The third-order valence-electron chi connectivity index (χ3n) is 5.04. The lowest BCUT2D eigenvalue weighted by Gasteiger charge is -2.22. The first-order valence-electron chi connectivity index (χ1n) is 8.42. The van der Waals surface area contributed by atoms with Crippen LogP contribution < -0.4 is 5.32 Å². The molecule has 0 bridgehead atoms. The first kappa shape index (κ1) is 14.8. The van der Waals surface area contributed by atoms with Gasteiger partial charge in [0.05, 0.1) is 6.10 Å². The molecule has 6 heteroatoms. The number of hydrogen-bond donors (Lipinski definition) is 2. The predicted octanol–water partition coefficient (Wildman–Crippen LogP) is 2.10. The second kappa shape index (κ2) is 6.02. The molecule has 0 atom stereocenters. The summed E-state index contributed by atoms with van der Waals surface area (Å²) in [6, 6.07) is 0. The molecule has 4 rings (SSSR count). The smallest absolute Gasteiger partial charge is 0.230 e. The van der Waals surface area contributed by atoms with Crippen molar-refractivity contribution in [2.45, 2.75) is 57.6 Å². The fourth-order valence-electron chi connectivity index (χ4n) is 3.69. The molecule has 1 saturated carbocycles. The van der Waals surface area contributed by atoms with Crippen LogP contribution in [0.25, 0.3) is 11.4 Å². The van der Waals surface area contributed by atoms with Crippen LogP contribution in [-0.4, -0.2) is 32.9 Å². The Morgan fingerprint density at radius 2 is 2.09 bits per heavy atom. The fraction of sp³-hybridized carbons (Fsp3) is 0.588. The van der Waals surface area contributed by atoms with Gasteiger partial charge < -0.3 is 14.9 Å². The van der Waals surface area contributed by atoms with Gasteiger partial charge in [0.25, 0.3) is 0 Å². The molecule has 2 N–H and O–H groups in total. The summed E-state index contributed by atoms with van der Waals surface area (Å²) in [6.07, 6.45) is 6.20. The van der Waals surface area contributed by atoms with Gasteiger partial charge in [-0.25, -0.2) is 0 Å². The summed E-state index contributed by atoms with van der Waals surface area (Å²) in [5.74, 6) is 1.64. The van der Waals surface area contributed by atoms with Gasteiger partial charge in [-0.2, -0.15) is 4.98 Å². The van der Waals surface area contributed by atoms with Crippen LogP contribution in [0.3, 0.4) is 0 Å². The molecule has 0 amide bonds. The summed E-state index contributed by atoms with van der Waals surface area (Å²) in [5, 5.41) is 17.3. The number of aromatic nitrogens is 3. The lowest BCUT2D eigenvalue weighted by Crippen LogP contribution is -2.24. The molecule has 0 radical (unpaired) electrons. The van der Waals surface area contributed by atoms with Crippen molar-refractivity contribution in [1.29, 1.82) is 0 Å². The SMILES string of the molecule is Cc1ncc2c(c1-c1noc(C3CCC(O)CC3)n1)CCNC2. The second-order valence-electron chi connectivity index (χ2n) is 6.61. The molecule has 6 nitrogen and oxygen atoms in total. The number of nitrogens with zero attached hydrogens (tertiary/aromatic N) is 3. The van der Waals surface area contributed by atoms with Gasteiger partial charge in [-0.15, -0.1) is 0 Å². The van der Waals surface area contributed by atoms with Crippen molar-refractivity contribution in [1.82, 2.24) is 20.4 Å². The molecule has 0 unspecified atom stereocenters. The summed E-state index contributed by atoms with van der Waals surface area (Å²) >= 11 is 0. The van der Waals surface area contributed by atoms with Crippen molar-refractivity contribution in [3.05, 3.63) is 28.9 Å². The van der Waals surface area contributed by atoms with E-state index >= 15 is 0 Å². The number of nitrogens with one attached hydrogen (secondary N) is 1. The van der Waals surface area contributed by atoms with E-state index in [9.17, 15) is 5.11 Å². The number of aliphatic hydroxyl groups excluding tert-OH is 1. The summed E-state index contributed by atoms with van der Waals surface area (Å²) in [6.45, 7) is 3.82. The lowest BCUT2D eigenvalue weighted by atomic mass is 9.87. The molecule has 1 fully saturated rings. The second-order valence-corrected chi connectivity index (χ2v) is 6.61. The van der Waals surface area contributed by atoms with E-state index in [-0.39, 0.29) is 12.0 Å². The van der Waals surface area contributed by atoms with E-state index in [1.165, 1.54) is 11.1 Å². The van der Waals surface area contributed by atoms with Gasteiger partial charge in [0.2, 0.25) is 11.7 Å². The van der Waals surface area contributed by atoms with Crippen LogP contribution in [0.2, 0.25) is 0 Å². The Hall–Kier alpha value is -1.79. The van der Waals surface area contributed by atoms with Crippen LogP contribution in [0.1, 0.15) is 54.3 Å². The normalized spacial score (nSPS) is 24.4. The van der Waals surface area contributed by atoms with Gasteiger partial charge in [0, 0.05) is 29.9 Å². The van der Waals surface area contributed by atoms with E-state index in [2.05, 4.69) is 20.4 Å². The van der Waals surface area contributed by atoms with Crippen LogP contribution in [-0.2, 0) is 13.0 Å². The summed E-state index contributed by atoms with van der Waals surface area (Å²) in [4.78, 5) is 9.18. The van der Waals surface area contributed by atoms with Gasteiger partial charge in [-0.1, -0.05) is 5.16 Å². The van der Waals surface area contributed by atoms with E-state index < -0.39 is 0 Å². The van der Waals surface area contributed by atoms with Crippen LogP contribution in [0.5, 0.6) is 0 Å². The highest BCUT2D eigenvalue weighted by molar-refractivity contribution is 5.64. The molecule has 23 heavy (non-hydrogen) atoms. The number of fused-ring (bicyclic) bond motifs is 1. The molecule has 1 aliphatic carbocycles. The quantitative estimate of drug-likeness (QED) is 0.883. The zero-order chi connectivity index (χ0) is 15.8. The Labute approximate surface area is 135 Å². The molecule has 0 spiro atoms. The van der Waals surface area contributed by atoms with Crippen molar-refractivity contribution in [3.8, 4) is 11.4 Å². The number of aryl methyl sites for hydroxylation is 1. The molecule has 122 valence electrons. The van der Waals surface area contributed by atoms with E-state index in [4.69, 9.17) is 4.52 Å². The zero-order valence-electron chi connectivity index (χ0n) is 13.4. The van der Waals surface area contributed by atoms with Crippen LogP contribution >= 0.6 is 0 Å². The largest absolute Gasteiger partial charge is 0.393 e. The average Bonchev–Trinajstić information content (AvgIpc) is 3.05. The average molecular weight is 314 g/mol. The van der Waals surface area contributed by atoms with Crippen molar-refractivity contribution in [2.75, 3.05) is 6.54 Å². The van der Waals surface area contributed by atoms with Crippen LogP contribution in [0.15, 0.2) is 10.7 Å². The van der Waals surface area contributed by atoms with Crippen LogP contribution in [0, 0.1) is 6.92 Å². The topological polar surface area (TPSA) is 84.1 Å². The maximum absolute atomic E-state index is 9.65. The minimum Gasteiger partial charge on any atom is -0.393 e. The Balaban J connectivity index is 1.67. The molecule has 2 aromatic heterocycles. The number of rotatable bonds is 2. The molecular formula is C17H22N4O2. The van der Waals surface area contributed by atoms with Crippen molar-refractivity contribution in [3.63, 3.8) is 0 Å². The van der Waals surface area contributed by atoms with Gasteiger partial charge in [0.15, 0.2) is 0 Å². The summed E-state index contributed by atoms with van der Waals surface area (Å²) < 4.78 is 5.55. The summed E-state index contributed by atoms with van der Waals surface area (Å²) in [5.41, 5.74) is 4.51. The molecule has 3 heterocycles. The molecule has 1 aliphatic heterocycles. The highest BCUT2D eigenvalue weighted by Crippen LogP contribution is 2.34. The Bertz CT molecular complexity index is 705. The fourth-order valence-corrected chi connectivity index (χ4v) is 3.69. The van der Waals surface area contributed by atoms with Gasteiger partial charge in [0.1, 0.15) is 0 Å². The summed E-state index contributed by atoms with van der Waals surface area (Å²) in [7, 11) is 0. The van der Waals surface area contributed by atoms with Gasteiger partial charge >= 0.3 is 0 Å². The minimum absolute atomic E-state index is 0.172. The standard InChI is InChI=1S/C17H22N4O2/c1-10-15(14-6-7-18-8-12(14)9-19-10)16-20-17(23-21-16)11-2-4-13(22)5-3-11/h9,11,13,18,22H,2-8H2,1H3. The van der Waals surface area contributed by atoms with Gasteiger partial charge in [-0.3, -0.25) is 4.98 Å². The van der Waals surface area contributed by atoms with Crippen molar-refractivity contribution in [2.24, 2.45) is 0 Å². The van der Waals surface area contributed by atoms with E-state index in [0.29, 0.717) is 11.7 Å². The molecule has 2 aromatic rings. The highest BCUT2D eigenvalue weighted by Gasteiger charge is 2.27.